The Kier molecular flexibility index (Phi) is 6.27. The van der Waals surface area contributed by atoms with Gasteiger partial charge in [0, 0.05) is 19.6 Å². The third-order valence-corrected chi connectivity index (χ3v) is 4.54. The van der Waals surface area contributed by atoms with Gasteiger partial charge >= 0.3 is 0 Å². The molecular formula is C18H30N2O3. The Balaban J connectivity index is 1.87. The molecule has 1 heterocycles. The molecule has 0 amide bonds. The fraction of sp³-hybridized carbons (Fsp3) is 0.667. The minimum atomic E-state index is -0.584. The number of likely N-dealkylation sites (N-methyl/N-ethyl adjacent to an activating group) is 2. The third-order valence-electron chi connectivity index (χ3n) is 4.54. The van der Waals surface area contributed by atoms with Gasteiger partial charge < -0.3 is 24.4 Å². The highest BCUT2D eigenvalue weighted by atomic mass is 16.5. The Morgan fingerprint density at radius 1 is 1.26 bits per heavy atom. The van der Waals surface area contributed by atoms with E-state index in [1.54, 1.807) is 14.2 Å². The topological polar surface area (TPSA) is 45.2 Å². The van der Waals surface area contributed by atoms with Crippen molar-refractivity contribution < 1.29 is 14.6 Å². The molecular weight excluding hydrogens is 292 g/mol. The molecule has 0 bridgehead atoms. The van der Waals surface area contributed by atoms with Crippen LogP contribution in [0.15, 0.2) is 18.2 Å². The fourth-order valence-electron chi connectivity index (χ4n) is 3.41. The molecule has 0 aromatic heterocycles. The summed E-state index contributed by atoms with van der Waals surface area (Å²) in [7, 11) is 7.46. The number of hydrogen-bond acceptors (Lipinski definition) is 5. The van der Waals surface area contributed by atoms with Crippen LogP contribution < -0.4 is 9.47 Å². The van der Waals surface area contributed by atoms with E-state index >= 15 is 0 Å². The number of hydrogen-bond donors (Lipinski definition) is 1. The van der Waals surface area contributed by atoms with E-state index in [1.165, 1.54) is 5.56 Å². The van der Waals surface area contributed by atoms with E-state index in [0.717, 1.165) is 50.4 Å². The lowest BCUT2D eigenvalue weighted by Crippen LogP contribution is -2.52. The van der Waals surface area contributed by atoms with Crippen molar-refractivity contribution >= 4 is 0 Å². The van der Waals surface area contributed by atoms with Crippen molar-refractivity contribution in [3.8, 4) is 11.5 Å². The standard InChI is InChI=1S/C18H30N2O3/c1-19-10-5-9-18(21,13-19)14-20(2)11-8-15-6-7-16(22-3)17(12-15)23-4/h6-7,12,21H,5,8-11,13-14H2,1-4H3. The number of β-amino-alcohol motifs (C(OH)–C–C–N with tert-alkyl or cyclic N) is 1. The van der Waals surface area contributed by atoms with Crippen LogP contribution in [0.4, 0.5) is 0 Å². The number of likely N-dealkylation sites (tertiary alicyclic amines) is 1. The number of benzene rings is 1. The van der Waals surface area contributed by atoms with Crippen LogP contribution in [0, 0.1) is 0 Å². The molecule has 0 aliphatic carbocycles. The average molecular weight is 322 g/mol. The number of nitrogens with zero attached hydrogens (tertiary/aromatic N) is 2. The molecule has 23 heavy (non-hydrogen) atoms. The van der Waals surface area contributed by atoms with Gasteiger partial charge in [0.25, 0.3) is 0 Å². The Bertz CT molecular complexity index is 509. The van der Waals surface area contributed by atoms with Crippen molar-refractivity contribution in [3.05, 3.63) is 23.8 Å². The van der Waals surface area contributed by atoms with E-state index in [9.17, 15) is 5.11 Å². The highest BCUT2D eigenvalue weighted by Gasteiger charge is 2.32. The zero-order valence-corrected chi connectivity index (χ0v) is 14.8. The lowest BCUT2D eigenvalue weighted by Gasteiger charge is -2.39. The predicted molar refractivity (Wildman–Crippen MR) is 92.4 cm³/mol. The van der Waals surface area contributed by atoms with Crippen molar-refractivity contribution in [2.75, 3.05) is 54.5 Å². The van der Waals surface area contributed by atoms with Gasteiger partial charge in [-0.25, -0.2) is 0 Å². The predicted octanol–water partition coefficient (Wildman–Crippen LogP) is 1.63. The minimum Gasteiger partial charge on any atom is -0.493 e. The van der Waals surface area contributed by atoms with Crippen LogP contribution in [0.2, 0.25) is 0 Å². The number of rotatable bonds is 7. The summed E-state index contributed by atoms with van der Waals surface area (Å²) in [6.07, 6.45) is 2.87. The van der Waals surface area contributed by atoms with E-state index in [-0.39, 0.29) is 0 Å². The second-order valence-corrected chi connectivity index (χ2v) is 6.74. The molecule has 5 nitrogen and oxygen atoms in total. The molecule has 1 aliphatic heterocycles. The molecule has 1 aliphatic rings. The van der Waals surface area contributed by atoms with Crippen molar-refractivity contribution in [2.45, 2.75) is 24.9 Å². The van der Waals surface area contributed by atoms with Gasteiger partial charge in [-0.15, -0.1) is 0 Å². The molecule has 1 atom stereocenters. The first-order valence-corrected chi connectivity index (χ1v) is 8.26. The molecule has 5 heteroatoms. The monoisotopic (exact) mass is 322 g/mol. The zero-order valence-electron chi connectivity index (χ0n) is 14.8. The summed E-state index contributed by atoms with van der Waals surface area (Å²) < 4.78 is 10.6. The van der Waals surface area contributed by atoms with Gasteiger partial charge in [0.05, 0.1) is 19.8 Å². The van der Waals surface area contributed by atoms with Crippen LogP contribution >= 0.6 is 0 Å². The summed E-state index contributed by atoms with van der Waals surface area (Å²) in [6.45, 7) is 3.46. The van der Waals surface area contributed by atoms with Crippen molar-refractivity contribution in [1.82, 2.24) is 9.80 Å². The Morgan fingerprint density at radius 3 is 2.65 bits per heavy atom. The lowest BCUT2D eigenvalue weighted by atomic mass is 9.92. The molecule has 0 spiro atoms. The summed E-state index contributed by atoms with van der Waals surface area (Å²) >= 11 is 0. The van der Waals surface area contributed by atoms with Gasteiger partial charge in [0.1, 0.15) is 0 Å². The van der Waals surface area contributed by atoms with Gasteiger partial charge in [-0.05, 0) is 57.6 Å². The van der Waals surface area contributed by atoms with Crippen molar-refractivity contribution in [3.63, 3.8) is 0 Å². The number of aliphatic hydroxyl groups is 1. The smallest absolute Gasteiger partial charge is 0.160 e. The third kappa shape index (κ3) is 5.09. The van der Waals surface area contributed by atoms with Gasteiger partial charge in [0.15, 0.2) is 11.5 Å². The highest BCUT2D eigenvalue weighted by molar-refractivity contribution is 5.42. The van der Waals surface area contributed by atoms with Crippen LogP contribution in [0.25, 0.3) is 0 Å². The van der Waals surface area contributed by atoms with Crippen LogP contribution in [-0.4, -0.2) is 75.0 Å². The van der Waals surface area contributed by atoms with Gasteiger partial charge in [-0.1, -0.05) is 6.07 Å². The summed E-state index contributed by atoms with van der Waals surface area (Å²) in [5.41, 5.74) is 0.626. The Hall–Kier alpha value is -1.30. The normalized spacial score (nSPS) is 22.3. The summed E-state index contributed by atoms with van der Waals surface area (Å²) in [6, 6.07) is 6.03. The lowest BCUT2D eigenvalue weighted by molar-refractivity contribution is -0.0426. The molecule has 1 fully saturated rings. The van der Waals surface area contributed by atoms with Crippen LogP contribution in [0.3, 0.4) is 0 Å². The largest absolute Gasteiger partial charge is 0.493 e. The molecule has 0 saturated carbocycles. The average Bonchev–Trinajstić information content (AvgIpc) is 2.51. The quantitative estimate of drug-likeness (QED) is 0.827. The van der Waals surface area contributed by atoms with Crippen LogP contribution in [0.5, 0.6) is 11.5 Å². The maximum absolute atomic E-state index is 10.7. The maximum atomic E-state index is 10.7. The summed E-state index contributed by atoms with van der Waals surface area (Å²) in [4.78, 5) is 4.43. The second-order valence-electron chi connectivity index (χ2n) is 6.74. The highest BCUT2D eigenvalue weighted by Crippen LogP contribution is 2.28. The first-order chi connectivity index (χ1) is 11.0. The molecule has 1 aromatic carbocycles. The molecule has 0 radical (unpaired) electrons. The Labute approximate surface area is 139 Å². The van der Waals surface area contributed by atoms with Gasteiger partial charge in [0.2, 0.25) is 0 Å². The number of ether oxygens (including phenoxy) is 2. The van der Waals surface area contributed by atoms with Gasteiger partial charge in [-0.3, -0.25) is 0 Å². The maximum Gasteiger partial charge on any atom is 0.160 e. The molecule has 130 valence electrons. The number of piperidine rings is 1. The zero-order chi connectivity index (χ0) is 16.9. The van der Waals surface area contributed by atoms with Crippen LogP contribution in [0.1, 0.15) is 18.4 Å². The van der Waals surface area contributed by atoms with E-state index in [4.69, 9.17) is 9.47 Å². The van der Waals surface area contributed by atoms with E-state index in [1.807, 2.05) is 12.1 Å². The SMILES string of the molecule is COc1ccc(CCN(C)CC2(O)CCCN(C)C2)cc1OC. The molecule has 1 aromatic rings. The fourth-order valence-corrected chi connectivity index (χ4v) is 3.41. The second kappa shape index (κ2) is 7.99. The summed E-state index contributed by atoms with van der Waals surface area (Å²) in [5, 5.41) is 10.7. The Morgan fingerprint density at radius 2 is 2.00 bits per heavy atom. The van der Waals surface area contributed by atoms with E-state index < -0.39 is 5.60 Å². The van der Waals surface area contributed by atoms with Crippen molar-refractivity contribution in [2.24, 2.45) is 0 Å². The van der Waals surface area contributed by atoms with Crippen molar-refractivity contribution in [1.29, 1.82) is 0 Å². The molecule has 1 unspecified atom stereocenters. The first kappa shape index (κ1) is 18.0. The first-order valence-electron chi connectivity index (χ1n) is 8.26. The number of methoxy groups -OCH3 is 2. The molecule has 1 N–H and O–H groups in total. The van der Waals surface area contributed by atoms with Gasteiger partial charge in [-0.2, -0.15) is 0 Å². The molecule has 1 saturated heterocycles. The van der Waals surface area contributed by atoms with E-state index in [0.29, 0.717) is 6.54 Å². The van der Waals surface area contributed by atoms with Crippen LogP contribution in [-0.2, 0) is 6.42 Å². The molecule has 2 rings (SSSR count). The minimum absolute atomic E-state index is 0.584. The summed E-state index contributed by atoms with van der Waals surface area (Å²) in [5.74, 6) is 1.52. The van der Waals surface area contributed by atoms with E-state index in [2.05, 4.69) is 30.0 Å².